The molecular formula is C16H34N2O2. The van der Waals surface area contributed by atoms with E-state index in [2.05, 4.69) is 37.5 Å². The van der Waals surface area contributed by atoms with E-state index in [1.807, 2.05) is 0 Å². The molecule has 2 saturated heterocycles. The summed E-state index contributed by atoms with van der Waals surface area (Å²) >= 11 is 0. The van der Waals surface area contributed by atoms with E-state index in [9.17, 15) is 0 Å². The van der Waals surface area contributed by atoms with Gasteiger partial charge >= 0.3 is 0 Å². The highest BCUT2D eigenvalue weighted by molar-refractivity contribution is 4.74. The Morgan fingerprint density at radius 3 is 2.05 bits per heavy atom. The average Bonchev–Trinajstić information content (AvgIpc) is 2.49. The minimum Gasteiger partial charge on any atom is -0.396 e. The molecule has 120 valence electrons. The summed E-state index contributed by atoms with van der Waals surface area (Å²) in [5.41, 5.74) is 0. The molecule has 0 bridgehead atoms. The fraction of sp³-hybridized carbons (Fsp3) is 1.00. The van der Waals surface area contributed by atoms with Gasteiger partial charge in [-0.25, -0.2) is 0 Å². The highest BCUT2D eigenvalue weighted by Crippen LogP contribution is 2.17. The van der Waals surface area contributed by atoms with E-state index in [-0.39, 0.29) is 0 Å². The zero-order chi connectivity index (χ0) is 15.0. The van der Waals surface area contributed by atoms with E-state index in [4.69, 9.17) is 9.84 Å². The zero-order valence-electron chi connectivity index (χ0n) is 13.8. The van der Waals surface area contributed by atoms with Gasteiger partial charge in [0.05, 0.1) is 13.2 Å². The summed E-state index contributed by atoms with van der Waals surface area (Å²) < 4.78 is 5.21. The zero-order valence-corrected chi connectivity index (χ0v) is 13.8. The SMILES string of the molecule is CC(C)N1CCCC(CO)C1.CC(C)N1CCOCC1. The Kier molecular flexibility index (Phi) is 8.69. The molecule has 2 aliphatic rings. The van der Waals surface area contributed by atoms with Crippen molar-refractivity contribution < 1.29 is 9.84 Å². The standard InChI is InChI=1S/C9H19NO.C7H15NO/c1-8(2)10-5-3-4-9(6-10)7-11;1-7(2)8-3-5-9-6-4-8/h8-9,11H,3-7H2,1-2H3;7H,3-6H2,1-2H3. The second-order valence-corrected chi connectivity index (χ2v) is 6.52. The number of piperidine rings is 1. The minimum atomic E-state index is 0.364. The highest BCUT2D eigenvalue weighted by Gasteiger charge is 2.20. The maximum atomic E-state index is 8.96. The lowest BCUT2D eigenvalue weighted by atomic mass is 9.98. The van der Waals surface area contributed by atoms with Crippen LogP contribution in [0.2, 0.25) is 0 Å². The van der Waals surface area contributed by atoms with E-state index in [0.717, 1.165) is 32.8 Å². The van der Waals surface area contributed by atoms with Crippen LogP contribution in [-0.2, 0) is 4.74 Å². The molecule has 20 heavy (non-hydrogen) atoms. The Balaban J connectivity index is 0.000000204. The Morgan fingerprint density at radius 2 is 1.60 bits per heavy atom. The lowest BCUT2D eigenvalue weighted by Crippen LogP contribution is -2.40. The van der Waals surface area contributed by atoms with Crippen LogP contribution in [0.25, 0.3) is 0 Å². The average molecular weight is 286 g/mol. The molecule has 2 heterocycles. The van der Waals surface area contributed by atoms with Crippen molar-refractivity contribution in [2.45, 2.75) is 52.6 Å². The van der Waals surface area contributed by atoms with Crippen molar-refractivity contribution in [3.63, 3.8) is 0 Å². The lowest BCUT2D eigenvalue weighted by Gasteiger charge is -2.34. The first kappa shape index (κ1) is 17.9. The fourth-order valence-electron chi connectivity index (χ4n) is 2.81. The van der Waals surface area contributed by atoms with Crippen LogP contribution in [0.15, 0.2) is 0 Å². The van der Waals surface area contributed by atoms with Crippen LogP contribution in [0.5, 0.6) is 0 Å². The maximum absolute atomic E-state index is 8.96. The monoisotopic (exact) mass is 286 g/mol. The van der Waals surface area contributed by atoms with Gasteiger partial charge in [-0.15, -0.1) is 0 Å². The molecule has 4 nitrogen and oxygen atoms in total. The van der Waals surface area contributed by atoms with Crippen LogP contribution >= 0.6 is 0 Å². The molecule has 0 aromatic heterocycles. The number of aliphatic hydroxyl groups is 1. The van der Waals surface area contributed by atoms with Crippen LogP contribution in [-0.4, -0.2) is 73.0 Å². The van der Waals surface area contributed by atoms with E-state index in [1.165, 1.54) is 19.4 Å². The summed E-state index contributed by atoms with van der Waals surface area (Å²) in [5.74, 6) is 0.533. The summed E-state index contributed by atoms with van der Waals surface area (Å²) in [7, 11) is 0. The number of ether oxygens (including phenoxy) is 1. The number of likely N-dealkylation sites (tertiary alicyclic amines) is 1. The van der Waals surface area contributed by atoms with Crippen molar-refractivity contribution in [3.05, 3.63) is 0 Å². The molecule has 0 aromatic carbocycles. The van der Waals surface area contributed by atoms with Gasteiger partial charge in [0.2, 0.25) is 0 Å². The van der Waals surface area contributed by atoms with Gasteiger partial charge in [0.25, 0.3) is 0 Å². The molecule has 0 amide bonds. The van der Waals surface area contributed by atoms with E-state index in [0.29, 0.717) is 24.6 Å². The van der Waals surface area contributed by atoms with Gasteiger partial charge in [0.1, 0.15) is 0 Å². The molecule has 0 radical (unpaired) electrons. The van der Waals surface area contributed by atoms with Crippen molar-refractivity contribution in [3.8, 4) is 0 Å². The van der Waals surface area contributed by atoms with Crippen molar-refractivity contribution >= 4 is 0 Å². The summed E-state index contributed by atoms with van der Waals surface area (Å²) in [6.07, 6.45) is 2.46. The molecule has 2 fully saturated rings. The minimum absolute atomic E-state index is 0.364. The number of hydrogen-bond donors (Lipinski definition) is 1. The molecule has 0 aliphatic carbocycles. The first-order chi connectivity index (χ1) is 9.54. The topological polar surface area (TPSA) is 35.9 Å². The van der Waals surface area contributed by atoms with Gasteiger partial charge in [0, 0.05) is 38.3 Å². The molecule has 1 unspecified atom stereocenters. The van der Waals surface area contributed by atoms with Crippen molar-refractivity contribution in [2.24, 2.45) is 5.92 Å². The van der Waals surface area contributed by atoms with Gasteiger partial charge in [0.15, 0.2) is 0 Å². The summed E-state index contributed by atoms with van der Waals surface area (Å²) in [5, 5.41) is 8.96. The Hall–Kier alpha value is -0.160. The van der Waals surface area contributed by atoms with Crippen LogP contribution < -0.4 is 0 Å². The van der Waals surface area contributed by atoms with Crippen molar-refractivity contribution in [1.29, 1.82) is 0 Å². The van der Waals surface area contributed by atoms with Gasteiger partial charge in [-0.3, -0.25) is 4.90 Å². The van der Waals surface area contributed by atoms with Crippen molar-refractivity contribution in [1.82, 2.24) is 9.80 Å². The molecule has 0 aromatic rings. The molecule has 2 rings (SSSR count). The summed E-state index contributed by atoms with van der Waals surface area (Å²) in [4.78, 5) is 4.88. The molecule has 1 atom stereocenters. The Bertz CT molecular complexity index is 241. The number of morpholine rings is 1. The molecular weight excluding hydrogens is 252 g/mol. The second kappa shape index (κ2) is 9.72. The van der Waals surface area contributed by atoms with Gasteiger partial charge in [-0.05, 0) is 53.0 Å². The maximum Gasteiger partial charge on any atom is 0.0594 e. The van der Waals surface area contributed by atoms with Gasteiger partial charge in [-0.1, -0.05) is 0 Å². The molecule has 4 heteroatoms. The molecule has 0 spiro atoms. The van der Waals surface area contributed by atoms with Gasteiger partial charge < -0.3 is 14.7 Å². The van der Waals surface area contributed by atoms with E-state index >= 15 is 0 Å². The number of aliphatic hydroxyl groups excluding tert-OH is 1. The van der Waals surface area contributed by atoms with Crippen LogP contribution in [0.1, 0.15) is 40.5 Å². The molecule has 1 N–H and O–H groups in total. The molecule has 0 saturated carbocycles. The summed E-state index contributed by atoms with van der Waals surface area (Å²) in [6.45, 7) is 15.6. The predicted molar refractivity (Wildman–Crippen MR) is 84.0 cm³/mol. The van der Waals surface area contributed by atoms with Crippen LogP contribution in [0, 0.1) is 5.92 Å². The Morgan fingerprint density at radius 1 is 1.00 bits per heavy atom. The third kappa shape index (κ3) is 6.53. The fourth-order valence-corrected chi connectivity index (χ4v) is 2.81. The number of nitrogens with zero attached hydrogens (tertiary/aromatic N) is 2. The van der Waals surface area contributed by atoms with Crippen molar-refractivity contribution in [2.75, 3.05) is 46.0 Å². The first-order valence-corrected chi connectivity index (χ1v) is 8.21. The second-order valence-electron chi connectivity index (χ2n) is 6.52. The highest BCUT2D eigenvalue weighted by atomic mass is 16.5. The third-order valence-corrected chi connectivity index (χ3v) is 4.31. The number of rotatable bonds is 3. The normalized spacial score (nSPS) is 25.6. The van der Waals surface area contributed by atoms with E-state index < -0.39 is 0 Å². The molecule has 2 aliphatic heterocycles. The van der Waals surface area contributed by atoms with E-state index in [1.54, 1.807) is 0 Å². The summed E-state index contributed by atoms with van der Waals surface area (Å²) in [6, 6.07) is 1.33. The van der Waals surface area contributed by atoms with Gasteiger partial charge in [-0.2, -0.15) is 0 Å². The number of hydrogen-bond acceptors (Lipinski definition) is 4. The predicted octanol–water partition coefficient (Wildman–Crippen LogP) is 1.83. The first-order valence-electron chi connectivity index (χ1n) is 8.21. The third-order valence-electron chi connectivity index (χ3n) is 4.31. The van der Waals surface area contributed by atoms with Crippen LogP contribution in [0.4, 0.5) is 0 Å². The lowest BCUT2D eigenvalue weighted by molar-refractivity contribution is 0.0238. The quantitative estimate of drug-likeness (QED) is 0.858. The smallest absolute Gasteiger partial charge is 0.0594 e. The Labute approximate surface area is 125 Å². The largest absolute Gasteiger partial charge is 0.396 e. The van der Waals surface area contributed by atoms with Crippen LogP contribution in [0.3, 0.4) is 0 Å².